The molecular formula is C20H12N2O9. The number of rotatable bonds is 4. The molecule has 4 rings (SSSR count). The van der Waals surface area contributed by atoms with Crippen LogP contribution in [0, 0.1) is 0 Å². The molecule has 0 N–H and O–H groups in total. The highest BCUT2D eigenvalue weighted by Crippen LogP contribution is 2.32. The lowest BCUT2D eigenvalue weighted by Gasteiger charge is -2.10. The molecule has 0 saturated carbocycles. The molecule has 2 heterocycles. The van der Waals surface area contributed by atoms with E-state index in [0.29, 0.717) is 10.1 Å². The molecule has 4 amide bonds. The van der Waals surface area contributed by atoms with Crippen molar-refractivity contribution in [2.75, 3.05) is 0 Å². The number of amides is 4. The molecule has 0 aromatic heterocycles. The van der Waals surface area contributed by atoms with Crippen molar-refractivity contribution >= 4 is 35.6 Å². The smallest absolute Gasteiger partial charge is 0.330 e. The van der Waals surface area contributed by atoms with Crippen LogP contribution in [-0.4, -0.2) is 45.7 Å². The molecule has 0 aliphatic carbocycles. The Balaban J connectivity index is 1.59. The number of hydrogen-bond acceptors (Lipinski definition) is 9. The van der Waals surface area contributed by atoms with Gasteiger partial charge in [-0.15, -0.1) is 0 Å². The number of benzene rings is 2. The van der Waals surface area contributed by atoms with Gasteiger partial charge in [-0.05, 0) is 36.4 Å². The van der Waals surface area contributed by atoms with E-state index >= 15 is 0 Å². The number of carbonyl (C=O) groups excluding carboxylic acids is 6. The van der Waals surface area contributed by atoms with Crippen LogP contribution in [0.15, 0.2) is 36.4 Å². The summed E-state index contributed by atoms with van der Waals surface area (Å²) in [5.74, 6) is -4.57. The third-order valence-electron chi connectivity index (χ3n) is 4.32. The van der Waals surface area contributed by atoms with Crippen LogP contribution in [0.5, 0.6) is 11.5 Å². The quantitative estimate of drug-likeness (QED) is 0.671. The molecule has 31 heavy (non-hydrogen) atoms. The second-order valence-corrected chi connectivity index (χ2v) is 6.49. The molecule has 0 saturated heterocycles. The van der Waals surface area contributed by atoms with Crippen molar-refractivity contribution in [1.82, 2.24) is 10.1 Å². The fraction of sp³-hybridized carbons (Fsp3) is 0.100. The Morgan fingerprint density at radius 3 is 1.32 bits per heavy atom. The molecule has 156 valence electrons. The number of fused-ring (bicyclic) bond motifs is 2. The maximum absolute atomic E-state index is 12.3. The van der Waals surface area contributed by atoms with Crippen molar-refractivity contribution in [3.8, 4) is 11.5 Å². The largest absolute Gasteiger partial charge is 0.457 e. The van der Waals surface area contributed by atoms with E-state index in [1.807, 2.05) is 0 Å². The van der Waals surface area contributed by atoms with Crippen molar-refractivity contribution in [1.29, 1.82) is 0 Å². The Kier molecular flexibility index (Phi) is 4.50. The normalized spacial score (nSPS) is 14.5. The van der Waals surface area contributed by atoms with Gasteiger partial charge in [-0.1, -0.05) is 10.1 Å². The minimum Gasteiger partial charge on any atom is -0.457 e. The Morgan fingerprint density at radius 2 is 0.968 bits per heavy atom. The summed E-state index contributed by atoms with van der Waals surface area (Å²) in [6, 6.07) is 8.05. The van der Waals surface area contributed by atoms with E-state index < -0.39 is 35.6 Å². The van der Waals surface area contributed by atoms with E-state index in [1.54, 1.807) is 0 Å². The first-order valence-electron chi connectivity index (χ1n) is 8.78. The Labute approximate surface area is 173 Å². The van der Waals surface area contributed by atoms with E-state index in [2.05, 4.69) is 9.68 Å². The van der Waals surface area contributed by atoms with Crippen LogP contribution in [0.4, 0.5) is 0 Å². The van der Waals surface area contributed by atoms with Gasteiger partial charge >= 0.3 is 11.9 Å². The van der Waals surface area contributed by atoms with Crippen LogP contribution in [0.1, 0.15) is 55.3 Å². The molecule has 0 spiro atoms. The van der Waals surface area contributed by atoms with Crippen LogP contribution in [0.2, 0.25) is 0 Å². The fourth-order valence-corrected chi connectivity index (χ4v) is 3.08. The molecule has 11 heteroatoms. The predicted molar refractivity (Wildman–Crippen MR) is 97.5 cm³/mol. The van der Waals surface area contributed by atoms with Gasteiger partial charge in [0.1, 0.15) is 11.5 Å². The van der Waals surface area contributed by atoms with Crippen molar-refractivity contribution in [2.24, 2.45) is 0 Å². The highest BCUT2D eigenvalue weighted by Gasteiger charge is 2.40. The van der Waals surface area contributed by atoms with Gasteiger partial charge in [-0.25, -0.2) is 9.59 Å². The SMILES string of the molecule is CC(=O)ON1C(=O)c2ccc(Oc3ccc4c(c3)C(=O)N(OC(C)=O)C4=O)cc2C1=O. The second kappa shape index (κ2) is 7.06. The highest BCUT2D eigenvalue weighted by molar-refractivity contribution is 6.21. The lowest BCUT2D eigenvalue weighted by atomic mass is 10.1. The molecule has 2 aromatic rings. The van der Waals surface area contributed by atoms with E-state index in [0.717, 1.165) is 13.8 Å². The lowest BCUT2D eigenvalue weighted by molar-refractivity contribution is -0.166. The minimum atomic E-state index is -0.828. The predicted octanol–water partition coefficient (Wildman–Crippen LogP) is 1.63. The first-order chi connectivity index (χ1) is 14.7. The zero-order valence-corrected chi connectivity index (χ0v) is 16.0. The zero-order valence-electron chi connectivity index (χ0n) is 16.0. The molecular weight excluding hydrogens is 412 g/mol. The summed E-state index contributed by atoms with van der Waals surface area (Å²) >= 11 is 0. The van der Waals surface area contributed by atoms with E-state index in [9.17, 15) is 28.8 Å². The molecule has 11 nitrogen and oxygen atoms in total. The minimum absolute atomic E-state index is 0.0304. The second-order valence-electron chi connectivity index (χ2n) is 6.49. The van der Waals surface area contributed by atoms with Gasteiger partial charge in [0.05, 0.1) is 22.3 Å². The fourth-order valence-electron chi connectivity index (χ4n) is 3.08. The van der Waals surface area contributed by atoms with Crippen LogP contribution in [-0.2, 0) is 19.3 Å². The van der Waals surface area contributed by atoms with Crippen molar-refractivity contribution in [2.45, 2.75) is 13.8 Å². The van der Waals surface area contributed by atoms with Gasteiger partial charge in [0, 0.05) is 13.8 Å². The summed E-state index contributed by atoms with van der Waals surface area (Å²) in [7, 11) is 0. The molecule has 2 aromatic carbocycles. The van der Waals surface area contributed by atoms with Gasteiger partial charge in [0.15, 0.2) is 0 Å². The Morgan fingerprint density at radius 1 is 0.613 bits per heavy atom. The number of hydrogen-bond donors (Lipinski definition) is 0. The zero-order chi connectivity index (χ0) is 22.4. The van der Waals surface area contributed by atoms with Crippen LogP contribution in [0.3, 0.4) is 0 Å². The van der Waals surface area contributed by atoms with Gasteiger partial charge < -0.3 is 14.4 Å². The first kappa shape index (κ1) is 19.8. The maximum atomic E-state index is 12.3. The van der Waals surface area contributed by atoms with Gasteiger partial charge in [0.25, 0.3) is 23.6 Å². The Bertz CT molecular complexity index is 1120. The average molecular weight is 424 g/mol. The number of ether oxygens (including phenoxy) is 1. The standard InChI is InChI=1S/C20H12N2O9/c1-9(23)30-21-17(25)13-5-3-11(7-15(13)19(21)27)29-12-4-6-14-16(8-12)20(28)22(18(14)26)31-10(2)24/h3-8H,1-2H3. The summed E-state index contributed by atoms with van der Waals surface area (Å²) in [6.07, 6.45) is 0. The number of carbonyl (C=O) groups is 6. The van der Waals surface area contributed by atoms with Gasteiger partial charge in [0.2, 0.25) is 0 Å². The van der Waals surface area contributed by atoms with E-state index in [1.165, 1.54) is 36.4 Å². The summed E-state index contributed by atoms with van der Waals surface area (Å²) in [5.41, 5.74) is 0.00472. The van der Waals surface area contributed by atoms with Crippen LogP contribution in [0.25, 0.3) is 0 Å². The Hall–Kier alpha value is -4.54. The summed E-state index contributed by atoms with van der Waals surface area (Å²) in [6.45, 7) is 2.11. The topological polar surface area (TPSA) is 137 Å². The summed E-state index contributed by atoms with van der Waals surface area (Å²) < 4.78 is 5.65. The highest BCUT2D eigenvalue weighted by atomic mass is 16.7. The van der Waals surface area contributed by atoms with Crippen LogP contribution >= 0.6 is 0 Å². The van der Waals surface area contributed by atoms with Crippen molar-refractivity contribution in [3.63, 3.8) is 0 Å². The van der Waals surface area contributed by atoms with Gasteiger partial charge in [-0.2, -0.15) is 0 Å². The molecule has 0 radical (unpaired) electrons. The first-order valence-corrected chi connectivity index (χ1v) is 8.78. The molecule has 0 unspecified atom stereocenters. The summed E-state index contributed by atoms with van der Waals surface area (Å²) in [4.78, 5) is 80.5. The number of nitrogens with zero attached hydrogens (tertiary/aromatic N) is 2. The third kappa shape index (κ3) is 3.27. The van der Waals surface area contributed by atoms with Crippen molar-refractivity contribution < 1.29 is 43.2 Å². The number of imide groups is 2. The lowest BCUT2D eigenvalue weighted by Crippen LogP contribution is -2.31. The molecule has 0 bridgehead atoms. The van der Waals surface area contributed by atoms with E-state index in [4.69, 9.17) is 4.74 Å². The molecule has 0 fully saturated rings. The van der Waals surface area contributed by atoms with Crippen molar-refractivity contribution in [3.05, 3.63) is 58.7 Å². The maximum Gasteiger partial charge on any atom is 0.330 e. The van der Waals surface area contributed by atoms with Gasteiger partial charge in [-0.3, -0.25) is 19.2 Å². The molecule has 0 atom stereocenters. The average Bonchev–Trinajstić information content (AvgIpc) is 3.08. The monoisotopic (exact) mass is 424 g/mol. The number of hydroxylamine groups is 4. The third-order valence-corrected chi connectivity index (χ3v) is 4.32. The summed E-state index contributed by atoms with van der Waals surface area (Å²) in [5, 5.41) is 0.722. The molecule has 2 aliphatic rings. The van der Waals surface area contributed by atoms with E-state index in [-0.39, 0.29) is 33.8 Å². The van der Waals surface area contributed by atoms with Crippen LogP contribution < -0.4 is 4.74 Å². The molecule has 2 aliphatic heterocycles.